The van der Waals surface area contributed by atoms with Crippen LogP contribution in [0.5, 0.6) is 0 Å². The van der Waals surface area contributed by atoms with Crippen molar-refractivity contribution >= 4 is 44.3 Å². The van der Waals surface area contributed by atoms with E-state index in [9.17, 15) is 13.2 Å². The van der Waals surface area contributed by atoms with E-state index in [4.69, 9.17) is 5.11 Å². The largest absolute Gasteiger partial charge is 0.481 e. The molecule has 5 nitrogen and oxygen atoms in total. The molecule has 1 aromatic rings. The summed E-state index contributed by atoms with van der Waals surface area (Å²) in [5, 5.41) is 8.43. The number of rotatable bonds is 6. The number of aliphatic carboxylic acids is 1. The van der Waals surface area contributed by atoms with E-state index >= 15 is 0 Å². The van der Waals surface area contributed by atoms with E-state index in [0.717, 1.165) is 3.57 Å². The Labute approximate surface area is 113 Å². The number of sulfonamides is 1. The van der Waals surface area contributed by atoms with Crippen LogP contribution >= 0.6 is 22.6 Å². The summed E-state index contributed by atoms with van der Waals surface area (Å²) in [6.45, 7) is 0. The van der Waals surface area contributed by atoms with Gasteiger partial charge in [0.05, 0.1) is 11.4 Å². The van der Waals surface area contributed by atoms with Crippen molar-refractivity contribution in [3.8, 4) is 0 Å². The average Bonchev–Trinajstić information content (AvgIpc) is 2.20. The lowest BCUT2D eigenvalue weighted by Gasteiger charge is -2.08. The van der Waals surface area contributed by atoms with Crippen LogP contribution < -0.4 is 4.72 Å². The van der Waals surface area contributed by atoms with Gasteiger partial charge in [0.1, 0.15) is 0 Å². The van der Waals surface area contributed by atoms with E-state index in [1.54, 1.807) is 18.2 Å². The van der Waals surface area contributed by atoms with Crippen molar-refractivity contribution in [3.05, 3.63) is 27.8 Å². The van der Waals surface area contributed by atoms with Gasteiger partial charge in [-0.3, -0.25) is 9.52 Å². The first-order valence-electron chi connectivity index (χ1n) is 4.87. The first-order chi connectivity index (χ1) is 7.91. The quantitative estimate of drug-likeness (QED) is 0.751. The van der Waals surface area contributed by atoms with Crippen LogP contribution in [0.2, 0.25) is 0 Å². The Hall–Kier alpha value is -0.830. The van der Waals surface area contributed by atoms with E-state index in [1.165, 1.54) is 0 Å². The fraction of sp³-hybridized carbons (Fsp3) is 0.300. The molecule has 0 aromatic heterocycles. The number of carboxylic acid groups (broad SMARTS) is 1. The Morgan fingerprint density at radius 1 is 1.35 bits per heavy atom. The SMILES string of the molecule is O=C(O)CCCS(=O)(=O)Nc1ccccc1I. The molecule has 2 N–H and O–H groups in total. The molecule has 0 saturated carbocycles. The van der Waals surface area contributed by atoms with Gasteiger partial charge in [0.15, 0.2) is 0 Å². The van der Waals surface area contributed by atoms with Gasteiger partial charge in [0.2, 0.25) is 10.0 Å². The highest BCUT2D eigenvalue weighted by atomic mass is 127. The third kappa shape index (κ3) is 5.35. The third-order valence-corrected chi connectivity index (χ3v) is 4.24. The summed E-state index contributed by atoms with van der Waals surface area (Å²) in [7, 11) is -3.47. The summed E-state index contributed by atoms with van der Waals surface area (Å²) in [4.78, 5) is 10.3. The molecule has 0 aliphatic rings. The first-order valence-corrected chi connectivity index (χ1v) is 7.60. The molecule has 1 rings (SSSR count). The highest BCUT2D eigenvalue weighted by Gasteiger charge is 2.12. The molecular formula is C10H12INO4S. The standard InChI is InChI=1S/C10H12INO4S/c11-8-4-1-2-5-9(8)12-17(15,16)7-3-6-10(13)14/h1-2,4-5,12H,3,6-7H2,(H,13,14). The van der Waals surface area contributed by atoms with Crippen LogP contribution in [-0.2, 0) is 14.8 Å². The molecule has 0 heterocycles. The van der Waals surface area contributed by atoms with Gasteiger partial charge >= 0.3 is 5.97 Å². The second-order valence-corrected chi connectivity index (χ2v) is 6.40. The predicted molar refractivity (Wildman–Crippen MR) is 73.4 cm³/mol. The summed E-state index contributed by atoms with van der Waals surface area (Å²) in [5.41, 5.74) is 0.517. The van der Waals surface area contributed by atoms with Crippen LogP contribution in [0.15, 0.2) is 24.3 Å². The molecule has 0 fully saturated rings. The number of hydrogen-bond acceptors (Lipinski definition) is 3. The zero-order chi connectivity index (χ0) is 12.9. The van der Waals surface area contributed by atoms with Crippen molar-refractivity contribution in [2.24, 2.45) is 0 Å². The van der Waals surface area contributed by atoms with Gasteiger partial charge < -0.3 is 5.11 Å². The lowest BCUT2D eigenvalue weighted by molar-refractivity contribution is -0.137. The summed E-state index contributed by atoms with van der Waals surface area (Å²) in [6.07, 6.45) is -0.0408. The normalized spacial score (nSPS) is 11.1. The van der Waals surface area contributed by atoms with Crippen LogP contribution in [0.4, 0.5) is 5.69 Å². The number of nitrogens with one attached hydrogen (secondary N) is 1. The summed E-state index contributed by atoms with van der Waals surface area (Å²) < 4.78 is 26.5. The van der Waals surface area contributed by atoms with E-state index < -0.39 is 16.0 Å². The fourth-order valence-electron chi connectivity index (χ4n) is 1.18. The monoisotopic (exact) mass is 369 g/mol. The highest BCUT2D eigenvalue weighted by molar-refractivity contribution is 14.1. The van der Waals surface area contributed by atoms with Crippen LogP contribution in [0.25, 0.3) is 0 Å². The molecule has 0 radical (unpaired) electrons. The van der Waals surface area contributed by atoms with Crippen LogP contribution in [-0.4, -0.2) is 25.2 Å². The number of benzene rings is 1. The average molecular weight is 369 g/mol. The molecule has 94 valence electrons. The van der Waals surface area contributed by atoms with E-state index in [2.05, 4.69) is 4.72 Å². The van der Waals surface area contributed by atoms with Gasteiger partial charge in [0, 0.05) is 9.99 Å². The van der Waals surface area contributed by atoms with Gasteiger partial charge in [-0.1, -0.05) is 12.1 Å². The van der Waals surface area contributed by atoms with Gasteiger partial charge in [0.25, 0.3) is 0 Å². The smallest absolute Gasteiger partial charge is 0.303 e. The number of carbonyl (C=O) groups is 1. The molecule has 17 heavy (non-hydrogen) atoms. The van der Waals surface area contributed by atoms with Gasteiger partial charge in [-0.05, 0) is 41.1 Å². The second-order valence-electron chi connectivity index (χ2n) is 3.40. The van der Waals surface area contributed by atoms with Crippen LogP contribution in [0.3, 0.4) is 0 Å². The minimum Gasteiger partial charge on any atom is -0.481 e. The summed E-state index contributed by atoms with van der Waals surface area (Å²) in [5.74, 6) is -1.18. The zero-order valence-electron chi connectivity index (χ0n) is 8.89. The number of carboxylic acids is 1. The summed E-state index contributed by atoms with van der Waals surface area (Å²) in [6, 6.07) is 6.99. The first kappa shape index (κ1) is 14.2. The lowest BCUT2D eigenvalue weighted by Crippen LogP contribution is -2.18. The van der Waals surface area contributed by atoms with Gasteiger partial charge in [-0.2, -0.15) is 0 Å². The maximum Gasteiger partial charge on any atom is 0.303 e. The summed E-state index contributed by atoms with van der Waals surface area (Å²) >= 11 is 2.03. The number of anilines is 1. The lowest BCUT2D eigenvalue weighted by atomic mass is 10.3. The molecular weight excluding hydrogens is 357 g/mol. The Morgan fingerprint density at radius 2 is 2.00 bits per heavy atom. The molecule has 0 atom stereocenters. The van der Waals surface area contributed by atoms with Crippen molar-refractivity contribution in [3.63, 3.8) is 0 Å². The number of hydrogen-bond donors (Lipinski definition) is 2. The zero-order valence-corrected chi connectivity index (χ0v) is 11.9. The van der Waals surface area contributed by atoms with E-state index in [-0.39, 0.29) is 18.6 Å². The molecule has 0 aliphatic carbocycles. The Balaban J connectivity index is 2.61. The van der Waals surface area contributed by atoms with E-state index in [0.29, 0.717) is 5.69 Å². The van der Waals surface area contributed by atoms with Crippen molar-refractivity contribution < 1.29 is 18.3 Å². The molecule has 7 heteroatoms. The topological polar surface area (TPSA) is 83.5 Å². The minimum absolute atomic E-state index is 0.105. The Bertz CT molecular complexity index is 501. The minimum atomic E-state index is -3.47. The maximum atomic E-state index is 11.6. The van der Waals surface area contributed by atoms with Crippen LogP contribution in [0, 0.1) is 3.57 Å². The molecule has 0 saturated heterocycles. The number of para-hydroxylation sites is 1. The molecule has 0 amide bonds. The molecule has 1 aromatic carbocycles. The molecule has 0 bridgehead atoms. The Morgan fingerprint density at radius 3 is 2.59 bits per heavy atom. The van der Waals surface area contributed by atoms with Crippen molar-refractivity contribution in [2.45, 2.75) is 12.8 Å². The molecule has 0 spiro atoms. The highest BCUT2D eigenvalue weighted by Crippen LogP contribution is 2.18. The Kier molecular flexibility index (Phi) is 5.19. The predicted octanol–water partition coefficient (Wildman–Crippen LogP) is 1.90. The number of halogens is 1. The fourth-order valence-corrected chi connectivity index (χ4v) is 3.02. The van der Waals surface area contributed by atoms with Gasteiger partial charge in [-0.15, -0.1) is 0 Å². The van der Waals surface area contributed by atoms with Crippen molar-refractivity contribution in [1.82, 2.24) is 0 Å². The van der Waals surface area contributed by atoms with E-state index in [1.807, 2.05) is 28.7 Å². The van der Waals surface area contributed by atoms with Crippen LogP contribution in [0.1, 0.15) is 12.8 Å². The van der Waals surface area contributed by atoms with Crippen molar-refractivity contribution in [1.29, 1.82) is 0 Å². The second kappa shape index (κ2) is 6.20. The van der Waals surface area contributed by atoms with Crippen molar-refractivity contribution in [2.75, 3.05) is 10.5 Å². The molecule has 0 aliphatic heterocycles. The van der Waals surface area contributed by atoms with Gasteiger partial charge in [-0.25, -0.2) is 8.42 Å². The molecule has 0 unspecified atom stereocenters. The maximum absolute atomic E-state index is 11.6. The third-order valence-electron chi connectivity index (χ3n) is 1.94.